The highest BCUT2D eigenvalue weighted by Crippen LogP contribution is 2.01. The molecule has 0 amide bonds. The normalized spacial score (nSPS) is 8.16. The molecule has 0 aromatic heterocycles. The molecule has 0 atom stereocenters. The number of nitrogens with one attached hydrogen (secondary N) is 1. The molecular weight excluding hydrogens is 246 g/mol. The molecule has 0 bridgehead atoms. The molecule has 0 aliphatic carbocycles. The Morgan fingerprint density at radius 3 is 1.79 bits per heavy atom. The second-order valence-corrected chi connectivity index (χ2v) is 3.82. The number of aliphatic carboxylic acids is 2. The molecule has 0 fully saturated rings. The molecule has 0 aliphatic heterocycles. The summed E-state index contributed by atoms with van der Waals surface area (Å²) in [4.78, 5) is 18.8. The third kappa shape index (κ3) is 38.5. The van der Waals surface area contributed by atoms with E-state index in [1.165, 1.54) is 39.0 Å². The van der Waals surface area contributed by atoms with Gasteiger partial charge in [0, 0.05) is 6.42 Å². The fraction of sp³-hybridized carbons (Fsp3) is 0.643. The molecule has 0 rings (SSSR count). The van der Waals surface area contributed by atoms with E-state index in [9.17, 15) is 9.59 Å². The second-order valence-electron chi connectivity index (χ2n) is 3.82. The van der Waals surface area contributed by atoms with Crippen LogP contribution in [0, 0.1) is 5.41 Å². The van der Waals surface area contributed by atoms with Gasteiger partial charge in [-0.2, -0.15) is 0 Å². The molecule has 0 heterocycles. The van der Waals surface area contributed by atoms with Crippen LogP contribution in [0.15, 0.2) is 12.7 Å². The molecule has 5 nitrogen and oxygen atoms in total. The van der Waals surface area contributed by atoms with Gasteiger partial charge in [0.25, 0.3) is 0 Å². The highest BCUT2D eigenvalue weighted by Gasteiger charge is 1.93. The van der Waals surface area contributed by atoms with Crippen molar-refractivity contribution in [1.82, 2.24) is 0 Å². The Hall–Kier alpha value is -1.65. The lowest BCUT2D eigenvalue weighted by molar-refractivity contribution is -0.136. The second kappa shape index (κ2) is 18.7. The maximum absolute atomic E-state index is 9.47. The Kier molecular flexibility index (Phi) is 22.2. The van der Waals surface area contributed by atoms with Crippen LogP contribution < -0.4 is 0 Å². The van der Waals surface area contributed by atoms with E-state index < -0.39 is 11.9 Å². The van der Waals surface area contributed by atoms with Crippen LogP contribution in [0.25, 0.3) is 0 Å². The lowest BCUT2D eigenvalue weighted by Crippen LogP contribution is -2.04. The summed E-state index contributed by atoms with van der Waals surface area (Å²) in [6.45, 7) is 8.71. The molecule has 19 heavy (non-hydrogen) atoms. The highest BCUT2D eigenvalue weighted by molar-refractivity contribution is 6.33. The first-order valence-electron chi connectivity index (χ1n) is 6.44. The van der Waals surface area contributed by atoms with Crippen molar-refractivity contribution in [2.45, 2.75) is 59.3 Å². The summed E-state index contributed by atoms with van der Waals surface area (Å²) >= 11 is 0. The molecule has 0 aromatic carbocycles. The van der Waals surface area contributed by atoms with Gasteiger partial charge in [-0.1, -0.05) is 39.2 Å². The maximum atomic E-state index is 9.47. The van der Waals surface area contributed by atoms with E-state index in [0.29, 0.717) is 0 Å². The summed E-state index contributed by atoms with van der Waals surface area (Å²) < 4.78 is 0. The van der Waals surface area contributed by atoms with Crippen molar-refractivity contribution < 1.29 is 19.8 Å². The molecule has 0 radical (unpaired) electrons. The zero-order valence-electron chi connectivity index (χ0n) is 12.2. The summed E-state index contributed by atoms with van der Waals surface area (Å²) in [6.07, 6.45) is 8.83. The van der Waals surface area contributed by atoms with E-state index in [1.807, 2.05) is 6.08 Å². The van der Waals surface area contributed by atoms with Gasteiger partial charge in [-0.3, -0.25) is 10.2 Å². The van der Waals surface area contributed by atoms with E-state index in [2.05, 4.69) is 13.5 Å². The van der Waals surface area contributed by atoms with Gasteiger partial charge in [0.2, 0.25) is 0 Å². The average Bonchev–Trinajstić information content (AvgIpc) is 2.36. The van der Waals surface area contributed by atoms with Crippen molar-refractivity contribution >= 4 is 17.7 Å². The predicted molar refractivity (Wildman–Crippen MR) is 77.9 cm³/mol. The van der Waals surface area contributed by atoms with Crippen LogP contribution in [-0.2, 0) is 9.59 Å². The number of hydrogen-bond acceptors (Lipinski definition) is 3. The number of unbranched alkanes of at least 4 members (excludes halogenated alkanes) is 4. The molecular formula is C14H27NO4. The number of hydrogen-bond donors (Lipinski definition) is 3. The van der Waals surface area contributed by atoms with Gasteiger partial charge < -0.3 is 10.2 Å². The van der Waals surface area contributed by atoms with Crippen LogP contribution in [0.1, 0.15) is 59.3 Å². The molecule has 0 aliphatic rings. The fourth-order valence-corrected chi connectivity index (χ4v) is 0.715. The lowest BCUT2D eigenvalue weighted by Gasteiger charge is -1.91. The van der Waals surface area contributed by atoms with Crippen LogP contribution in [0.5, 0.6) is 0 Å². The Morgan fingerprint density at radius 1 is 1.16 bits per heavy atom. The summed E-state index contributed by atoms with van der Waals surface area (Å²) in [5, 5.41) is 21.8. The van der Waals surface area contributed by atoms with Crippen molar-refractivity contribution in [2.75, 3.05) is 0 Å². The van der Waals surface area contributed by atoms with Gasteiger partial charge in [0.1, 0.15) is 5.71 Å². The zero-order chi connectivity index (χ0) is 15.7. The number of rotatable bonds is 7. The summed E-state index contributed by atoms with van der Waals surface area (Å²) in [5.41, 5.74) is -0.324. The van der Waals surface area contributed by atoms with Crippen LogP contribution in [0.3, 0.4) is 0 Å². The summed E-state index contributed by atoms with van der Waals surface area (Å²) in [5.74, 6) is -1.90. The molecule has 0 spiro atoms. The quantitative estimate of drug-likeness (QED) is 0.374. The summed E-state index contributed by atoms with van der Waals surface area (Å²) in [6, 6.07) is 0. The average molecular weight is 273 g/mol. The minimum Gasteiger partial charge on any atom is -0.481 e. The maximum Gasteiger partial charge on any atom is 0.349 e. The van der Waals surface area contributed by atoms with Gasteiger partial charge >= 0.3 is 11.9 Å². The molecule has 0 saturated heterocycles. The first kappa shape index (κ1) is 22.5. The molecule has 0 saturated carbocycles. The van der Waals surface area contributed by atoms with Crippen LogP contribution in [0.4, 0.5) is 0 Å². The third-order valence-corrected chi connectivity index (χ3v) is 1.89. The SMILES string of the molecule is C=CCCCCCC.CC(=N)C(=O)O.CCC(=O)O. The number of carboxylic acids is 2. The Balaban J connectivity index is -0.000000209. The van der Waals surface area contributed by atoms with Crippen LogP contribution in [0.2, 0.25) is 0 Å². The number of allylic oxidation sites excluding steroid dienone is 1. The highest BCUT2D eigenvalue weighted by atomic mass is 16.4. The van der Waals surface area contributed by atoms with Crippen molar-refractivity contribution in [2.24, 2.45) is 0 Å². The zero-order valence-corrected chi connectivity index (χ0v) is 12.2. The molecule has 3 N–H and O–H groups in total. The molecule has 5 heteroatoms. The Bertz CT molecular complexity index is 250. The molecule has 112 valence electrons. The van der Waals surface area contributed by atoms with Crippen molar-refractivity contribution in [3.05, 3.63) is 12.7 Å². The van der Waals surface area contributed by atoms with Gasteiger partial charge in [-0.25, -0.2) is 4.79 Å². The Labute approximate surface area is 115 Å². The minimum absolute atomic E-state index is 0.222. The van der Waals surface area contributed by atoms with Gasteiger partial charge in [0.05, 0.1) is 0 Å². The molecule has 0 unspecified atom stereocenters. The van der Waals surface area contributed by atoms with Crippen molar-refractivity contribution in [1.29, 1.82) is 5.41 Å². The fourth-order valence-electron chi connectivity index (χ4n) is 0.715. The van der Waals surface area contributed by atoms with Crippen LogP contribution in [-0.4, -0.2) is 27.9 Å². The largest absolute Gasteiger partial charge is 0.481 e. The van der Waals surface area contributed by atoms with E-state index >= 15 is 0 Å². The van der Waals surface area contributed by atoms with Crippen LogP contribution >= 0.6 is 0 Å². The monoisotopic (exact) mass is 273 g/mol. The molecule has 0 aromatic rings. The number of carboxylic acid groups (broad SMARTS) is 2. The van der Waals surface area contributed by atoms with Crippen molar-refractivity contribution in [3.8, 4) is 0 Å². The van der Waals surface area contributed by atoms with E-state index in [4.69, 9.17) is 15.6 Å². The lowest BCUT2D eigenvalue weighted by atomic mass is 10.2. The van der Waals surface area contributed by atoms with Gasteiger partial charge in [-0.05, 0) is 19.8 Å². The van der Waals surface area contributed by atoms with Gasteiger partial charge in [0.15, 0.2) is 0 Å². The first-order chi connectivity index (χ1) is 8.83. The minimum atomic E-state index is -1.16. The smallest absolute Gasteiger partial charge is 0.349 e. The van der Waals surface area contributed by atoms with E-state index in [1.54, 1.807) is 6.92 Å². The van der Waals surface area contributed by atoms with Gasteiger partial charge in [-0.15, -0.1) is 6.58 Å². The standard InChI is InChI=1S/C8H16.C3H5NO2.C3H6O2/c1-3-5-7-8-6-4-2;1-2(4)3(5)6;1-2-3(4)5/h3H,1,4-8H2,2H3;4H,1H3,(H,5,6);2H2,1H3,(H,4,5). The van der Waals surface area contributed by atoms with E-state index in [-0.39, 0.29) is 12.1 Å². The van der Waals surface area contributed by atoms with E-state index in [0.717, 1.165) is 0 Å². The topological polar surface area (TPSA) is 98.5 Å². The number of carbonyl (C=O) groups is 2. The Morgan fingerprint density at radius 2 is 1.58 bits per heavy atom. The summed E-state index contributed by atoms with van der Waals surface area (Å²) in [7, 11) is 0. The predicted octanol–water partition coefficient (Wildman–Crippen LogP) is 3.73. The van der Waals surface area contributed by atoms with Crippen molar-refractivity contribution in [3.63, 3.8) is 0 Å². The first-order valence-corrected chi connectivity index (χ1v) is 6.44. The third-order valence-electron chi connectivity index (χ3n) is 1.89.